The number of anilines is 1. The maximum atomic E-state index is 12.8. The maximum absolute atomic E-state index is 12.8. The highest BCUT2D eigenvalue weighted by atomic mass is 35.5. The van der Waals surface area contributed by atoms with Gasteiger partial charge in [0.05, 0.1) is 20.9 Å². The molecule has 2 aromatic carbocycles. The van der Waals surface area contributed by atoms with Crippen molar-refractivity contribution in [3.63, 3.8) is 0 Å². The maximum Gasteiger partial charge on any atom is 0.225 e. The van der Waals surface area contributed by atoms with Crippen LogP contribution >= 0.6 is 34.7 Å². The van der Waals surface area contributed by atoms with E-state index in [1.807, 2.05) is 0 Å². The third-order valence-corrected chi connectivity index (χ3v) is 5.30. The van der Waals surface area contributed by atoms with Crippen LogP contribution in [0.5, 0.6) is 0 Å². The molecule has 23 heavy (non-hydrogen) atoms. The Bertz CT molecular complexity index is 836. The minimum Gasteiger partial charge on any atom is -0.325 e. The van der Waals surface area contributed by atoms with Crippen LogP contribution in [-0.2, 0) is 4.79 Å². The number of halogens is 2. The number of amides is 1. The van der Waals surface area contributed by atoms with Crippen LogP contribution < -0.4 is 5.32 Å². The minimum atomic E-state index is -0.261. The molecule has 1 N–H and O–H groups in total. The van der Waals surface area contributed by atoms with Crippen LogP contribution in [0, 0.1) is 5.82 Å². The molecule has 0 aliphatic rings. The van der Waals surface area contributed by atoms with Crippen molar-refractivity contribution in [2.24, 2.45) is 0 Å². The van der Waals surface area contributed by atoms with E-state index in [0.29, 0.717) is 22.7 Å². The van der Waals surface area contributed by atoms with E-state index in [-0.39, 0.29) is 11.7 Å². The monoisotopic (exact) mass is 366 g/mol. The van der Waals surface area contributed by atoms with E-state index in [1.165, 1.54) is 35.2 Å². The average Bonchev–Trinajstić information content (AvgIpc) is 3.03. The van der Waals surface area contributed by atoms with Gasteiger partial charge in [0.25, 0.3) is 0 Å². The number of aromatic nitrogens is 1. The quantitative estimate of drug-likeness (QED) is 0.630. The number of nitrogens with zero attached hydrogens (tertiary/aromatic N) is 1. The number of thioether (sulfide) groups is 1. The molecule has 1 amide bonds. The van der Waals surface area contributed by atoms with Gasteiger partial charge in [-0.15, -0.1) is 23.1 Å². The Labute approximate surface area is 145 Å². The lowest BCUT2D eigenvalue weighted by molar-refractivity contribution is -0.115. The van der Waals surface area contributed by atoms with Gasteiger partial charge in [-0.1, -0.05) is 11.6 Å². The molecule has 1 heterocycles. The summed E-state index contributed by atoms with van der Waals surface area (Å²) in [6.07, 6.45) is 0.366. The van der Waals surface area contributed by atoms with Crippen LogP contribution in [0.2, 0.25) is 5.02 Å². The topological polar surface area (TPSA) is 42.0 Å². The fraction of sp³-hybridized carbons (Fsp3) is 0.125. The van der Waals surface area contributed by atoms with Gasteiger partial charge in [0.2, 0.25) is 5.91 Å². The molecule has 118 valence electrons. The molecule has 0 aliphatic carbocycles. The fourth-order valence-electron chi connectivity index (χ4n) is 2.02. The van der Waals surface area contributed by atoms with Crippen LogP contribution in [-0.4, -0.2) is 16.6 Å². The van der Waals surface area contributed by atoms with Crippen LogP contribution in [0.4, 0.5) is 10.1 Å². The second kappa shape index (κ2) is 7.29. The first-order chi connectivity index (χ1) is 11.1. The molecule has 0 radical (unpaired) electrons. The minimum absolute atomic E-state index is 0.0726. The molecule has 3 rings (SSSR count). The molecular weight excluding hydrogens is 355 g/mol. The smallest absolute Gasteiger partial charge is 0.225 e. The number of fused-ring (bicyclic) bond motifs is 1. The summed E-state index contributed by atoms with van der Waals surface area (Å²) in [5.41, 5.74) is 3.13. The van der Waals surface area contributed by atoms with E-state index in [4.69, 9.17) is 11.6 Å². The molecule has 1 aromatic heterocycles. The number of hydrogen-bond acceptors (Lipinski definition) is 4. The van der Waals surface area contributed by atoms with Crippen molar-refractivity contribution in [2.45, 2.75) is 11.3 Å². The molecular formula is C16H12ClFN2OS2. The van der Waals surface area contributed by atoms with Crippen molar-refractivity contribution in [2.75, 3.05) is 11.1 Å². The van der Waals surface area contributed by atoms with Gasteiger partial charge >= 0.3 is 0 Å². The van der Waals surface area contributed by atoms with E-state index in [0.717, 1.165) is 15.3 Å². The Balaban J connectivity index is 1.57. The molecule has 0 unspecified atom stereocenters. The molecule has 0 saturated heterocycles. The third kappa shape index (κ3) is 4.02. The number of nitrogens with one attached hydrogen (secondary N) is 1. The van der Waals surface area contributed by atoms with Crippen molar-refractivity contribution in [3.05, 3.63) is 52.7 Å². The summed E-state index contributed by atoms with van der Waals surface area (Å²) in [6, 6.07) is 9.75. The van der Waals surface area contributed by atoms with Gasteiger partial charge in [-0.3, -0.25) is 4.79 Å². The van der Waals surface area contributed by atoms with Gasteiger partial charge in [-0.25, -0.2) is 9.37 Å². The highest BCUT2D eigenvalue weighted by Crippen LogP contribution is 2.32. The van der Waals surface area contributed by atoms with Gasteiger partial charge in [0.15, 0.2) is 0 Å². The number of thiazole rings is 1. The SMILES string of the molecule is O=C(CCSc1ccc(F)cc1)Nc1ccc(Cl)c2ncsc12. The molecule has 0 bridgehead atoms. The molecule has 0 atom stereocenters. The summed E-state index contributed by atoms with van der Waals surface area (Å²) in [5, 5.41) is 3.47. The van der Waals surface area contributed by atoms with E-state index < -0.39 is 0 Å². The number of carbonyl (C=O) groups excluding carboxylic acids is 1. The Morgan fingerprint density at radius 3 is 2.83 bits per heavy atom. The van der Waals surface area contributed by atoms with E-state index in [9.17, 15) is 9.18 Å². The Hall–Kier alpha value is -1.63. The van der Waals surface area contributed by atoms with Gasteiger partial charge in [0, 0.05) is 17.1 Å². The second-order valence-corrected chi connectivity index (χ2v) is 7.16. The molecule has 3 nitrogen and oxygen atoms in total. The average molecular weight is 367 g/mol. The van der Waals surface area contributed by atoms with Gasteiger partial charge in [-0.05, 0) is 36.4 Å². The van der Waals surface area contributed by atoms with Crippen molar-refractivity contribution in [3.8, 4) is 0 Å². The van der Waals surface area contributed by atoms with Crippen molar-refractivity contribution in [1.82, 2.24) is 4.98 Å². The number of carbonyl (C=O) groups is 1. The predicted molar refractivity (Wildman–Crippen MR) is 95.0 cm³/mol. The van der Waals surface area contributed by atoms with E-state index in [2.05, 4.69) is 10.3 Å². The van der Waals surface area contributed by atoms with E-state index >= 15 is 0 Å². The van der Waals surface area contributed by atoms with E-state index in [1.54, 1.807) is 29.8 Å². The zero-order valence-electron chi connectivity index (χ0n) is 11.9. The summed E-state index contributed by atoms with van der Waals surface area (Å²) < 4.78 is 13.7. The van der Waals surface area contributed by atoms with Gasteiger partial charge in [-0.2, -0.15) is 0 Å². The zero-order chi connectivity index (χ0) is 16.2. The van der Waals surface area contributed by atoms with Crippen molar-refractivity contribution >= 4 is 56.5 Å². The second-order valence-electron chi connectivity index (χ2n) is 4.73. The zero-order valence-corrected chi connectivity index (χ0v) is 14.3. The predicted octanol–water partition coefficient (Wildman–Crippen LogP) is 5.21. The normalized spacial score (nSPS) is 10.9. The first kappa shape index (κ1) is 16.2. The lowest BCUT2D eigenvalue weighted by Crippen LogP contribution is -2.12. The summed E-state index contributed by atoms with van der Waals surface area (Å²) in [5.74, 6) is 0.289. The summed E-state index contributed by atoms with van der Waals surface area (Å²) in [4.78, 5) is 17.2. The molecule has 3 aromatic rings. The molecule has 0 fully saturated rings. The molecule has 0 spiro atoms. The number of rotatable bonds is 5. The van der Waals surface area contributed by atoms with Crippen LogP contribution in [0.15, 0.2) is 46.8 Å². The van der Waals surface area contributed by atoms with Crippen molar-refractivity contribution in [1.29, 1.82) is 0 Å². The lowest BCUT2D eigenvalue weighted by Gasteiger charge is -2.07. The molecule has 7 heteroatoms. The van der Waals surface area contributed by atoms with Gasteiger partial charge < -0.3 is 5.32 Å². The molecule has 0 aliphatic heterocycles. The van der Waals surface area contributed by atoms with Gasteiger partial charge in [0.1, 0.15) is 11.3 Å². The summed E-state index contributed by atoms with van der Waals surface area (Å²) in [6.45, 7) is 0. The number of benzene rings is 2. The third-order valence-electron chi connectivity index (χ3n) is 3.12. The Morgan fingerprint density at radius 1 is 1.26 bits per heavy atom. The highest BCUT2D eigenvalue weighted by Gasteiger charge is 2.10. The summed E-state index contributed by atoms with van der Waals surface area (Å²) in [7, 11) is 0. The molecule has 0 saturated carbocycles. The Kier molecular flexibility index (Phi) is 5.15. The van der Waals surface area contributed by atoms with Crippen LogP contribution in [0.1, 0.15) is 6.42 Å². The fourth-order valence-corrected chi connectivity index (χ4v) is 3.92. The van der Waals surface area contributed by atoms with Crippen molar-refractivity contribution < 1.29 is 9.18 Å². The first-order valence-electron chi connectivity index (χ1n) is 6.83. The Morgan fingerprint density at radius 2 is 2.04 bits per heavy atom. The first-order valence-corrected chi connectivity index (χ1v) is 9.08. The number of hydrogen-bond donors (Lipinski definition) is 1. The van der Waals surface area contributed by atoms with Crippen LogP contribution in [0.25, 0.3) is 10.2 Å². The lowest BCUT2D eigenvalue weighted by atomic mass is 10.3. The highest BCUT2D eigenvalue weighted by molar-refractivity contribution is 7.99. The largest absolute Gasteiger partial charge is 0.325 e. The van der Waals surface area contributed by atoms with Crippen LogP contribution in [0.3, 0.4) is 0 Å². The summed E-state index contributed by atoms with van der Waals surface area (Å²) >= 11 is 9.03. The standard InChI is InChI=1S/C16H12ClFN2OS2/c17-12-5-6-13(16-15(12)19-9-23-16)20-14(21)7-8-22-11-3-1-10(18)2-4-11/h1-6,9H,7-8H2,(H,20,21).